The average molecular weight is 237 g/mol. The number of likely N-dealkylation sites (N-methyl/N-ethyl adjacent to an activating group) is 1. The molecule has 1 aromatic carbocycles. The molecule has 3 nitrogen and oxygen atoms in total. The summed E-state index contributed by atoms with van der Waals surface area (Å²) in [6.07, 6.45) is 2.27. The molecule has 0 unspecified atom stereocenters. The van der Waals surface area contributed by atoms with E-state index in [-0.39, 0.29) is 0 Å². The summed E-state index contributed by atoms with van der Waals surface area (Å²) in [5, 5.41) is 9.74. The van der Waals surface area contributed by atoms with Crippen LogP contribution in [0.1, 0.15) is 5.69 Å². The number of nitrogens with one attached hydrogen (secondary N) is 2. The number of rotatable bonds is 4. The third-order valence-electron chi connectivity index (χ3n) is 2.56. The second-order valence-corrected chi connectivity index (χ2v) is 3.74. The quantitative estimate of drug-likeness (QED) is 0.855. The first-order valence-corrected chi connectivity index (χ1v) is 5.34. The first kappa shape index (κ1) is 11.7. The first-order chi connectivity index (χ1) is 8.22. The third-order valence-corrected chi connectivity index (χ3v) is 2.56. The van der Waals surface area contributed by atoms with E-state index in [0.29, 0.717) is 17.5 Å². The summed E-state index contributed by atoms with van der Waals surface area (Å²) in [5.41, 5.74) is 1.88. The Kier molecular flexibility index (Phi) is 3.49. The van der Waals surface area contributed by atoms with Crippen molar-refractivity contribution in [2.45, 2.75) is 6.42 Å². The topological polar surface area (TPSA) is 40.7 Å². The highest BCUT2D eigenvalue weighted by molar-refractivity contribution is 5.65. The molecule has 0 atom stereocenters. The Hall–Kier alpha value is -1.75. The maximum Gasteiger partial charge on any atom is 0.134 e. The summed E-state index contributed by atoms with van der Waals surface area (Å²) in [6.45, 7) is 0.762. The molecule has 0 radical (unpaired) electrons. The van der Waals surface area contributed by atoms with Crippen LogP contribution in [0.15, 0.2) is 24.4 Å². The van der Waals surface area contributed by atoms with E-state index in [1.165, 1.54) is 12.1 Å². The van der Waals surface area contributed by atoms with Crippen molar-refractivity contribution in [2.75, 3.05) is 13.6 Å². The van der Waals surface area contributed by atoms with E-state index in [0.717, 1.165) is 18.3 Å². The van der Waals surface area contributed by atoms with Gasteiger partial charge < -0.3 is 5.32 Å². The molecule has 2 rings (SSSR count). The van der Waals surface area contributed by atoms with Gasteiger partial charge in [0.05, 0.1) is 6.20 Å². The molecule has 90 valence electrons. The van der Waals surface area contributed by atoms with E-state index in [1.54, 1.807) is 6.20 Å². The second-order valence-electron chi connectivity index (χ2n) is 3.74. The minimum Gasteiger partial charge on any atom is -0.319 e. The molecule has 0 aliphatic rings. The van der Waals surface area contributed by atoms with Gasteiger partial charge >= 0.3 is 0 Å². The Morgan fingerprint density at radius 1 is 1.29 bits per heavy atom. The van der Waals surface area contributed by atoms with Crippen molar-refractivity contribution in [3.8, 4) is 11.1 Å². The SMILES string of the molecule is CNCCc1[nH]ncc1-c1ccc(F)cc1F. The van der Waals surface area contributed by atoms with Gasteiger partial charge in [0.15, 0.2) is 0 Å². The van der Waals surface area contributed by atoms with Crippen LogP contribution in [0.25, 0.3) is 11.1 Å². The van der Waals surface area contributed by atoms with Gasteiger partial charge in [-0.15, -0.1) is 0 Å². The number of hydrogen-bond acceptors (Lipinski definition) is 2. The first-order valence-electron chi connectivity index (χ1n) is 5.34. The molecule has 0 aliphatic heterocycles. The largest absolute Gasteiger partial charge is 0.319 e. The fourth-order valence-corrected chi connectivity index (χ4v) is 1.69. The minimum atomic E-state index is -0.577. The van der Waals surface area contributed by atoms with Crippen LogP contribution >= 0.6 is 0 Å². The lowest BCUT2D eigenvalue weighted by atomic mass is 10.0. The van der Waals surface area contributed by atoms with Gasteiger partial charge in [0.25, 0.3) is 0 Å². The fraction of sp³-hybridized carbons (Fsp3) is 0.250. The van der Waals surface area contributed by atoms with Crippen molar-refractivity contribution >= 4 is 0 Å². The van der Waals surface area contributed by atoms with E-state index in [1.807, 2.05) is 7.05 Å². The molecule has 0 saturated carbocycles. The summed E-state index contributed by atoms with van der Waals surface area (Å²) < 4.78 is 26.4. The van der Waals surface area contributed by atoms with Crippen molar-refractivity contribution in [2.24, 2.45) is 0 Å². The molecule has 2 N–H and O–H groups in total. The zero-order chi connectivity index (χ0) is 12.3. The fourth-order valence-electron chi connectivity index (χ4n) is 1.69. The Morgan fingerprint density at radius 3 is 2.82 bits per heavy atom. The normalized spacial score (nSPS) is 10.8. The smallest absolute Gasteiger partial charge is 0.134 e. The predicted molar refractivity (Wildman–Crippen MR) is 61.6 cm³/mol. The molecule has 0 aliphatic carbocycles. The summed E-state index contributed by atoms with van der Waals surface area (Å²) in [7, 11) is 1.84. The van der Waals surface area contributed by atoms with Crippen LogP contribution in [0.4, 0.5) is 8.78 Å². The highest BCUT2D eigenvalue weighted by atomic mass is 19.1. The molecule has 2 aromatic rings. The Morgan fingerprint density at radius 2 is 2.12 bits per heavy atom. The number of H-pyrrole nitrogens is 1. The molecular weight excluding hydrogens is 224 g/mol. The van der Waals surface area contributed by atoms with E-state index in [9.17, 15) is 8.78 Å². The van der Waals surface area contributed by atoms with Gasteiger partial charge in [-0.25, -0.2) is 8.78 Å². The number of aromatic nitrogens is 2. The lowest BCUT2D eigenvalue weighted by molar-refractivity contribution is 0.585. The molecule has 5 heteroatoms. The third kappa shape index (κ3) is 2.50. The van der Waals surface area contributed by atoms with E-state index >= 15 is 0 Å². The zero-order valence-corrected chi connectivity index (χ0v) is 9.43. The Labute approximate surface area is 97.9 Å². The van der Waals surface area contributed by atoms with Gasteiger partial charge in [0, 0.05) is 35.9 Å². The van der Waals surface area contributed by atoms with Crippen molar-refractivity contribution < 1.29 is 8.78 Å². The molecular formula is C12H13F2N3. The van der Waals surface area contributed by atoms with Crippen LogP contribution < -0.4 is 5.32 Å². The van der Waals surface area contributed by atoms with Crippen LogP contribution in [0, 0.1) is 11.6 Å². The summed E-state index contributed by atoms with van der Waals surface area (Å²) in [5.74, 6) is -1.15. The number of halogens is 2. The predicted octanol–water partition coefficient (Wildman–Crippen LogP) is 2.12. The molecule has 0 amide bonds. The molecule has 1 heterocycles. The standard InChI is InChI=1S/C12H13F2N3/c1-15-5-4-12-10(7-16-17-12)9-3-2-8(13)6-11(9)14/h2-3,6-7,15H,4-5H2,1H3,(H,16,17). The molecule has 0 spiro atoms. The van der Waals surface area contributed by atoms with Gasteiger partial charge in [-0.3, -0.25) is 5.10 Å². The lowest BCUT2D eigenvalue weighted by Crippen LogP contribution is -2.11. The van der Waals surface area contributed by atoms with E-state index < -0.39 is 11.6 Å². The number of benzene rings is 1. The monoisotopic (exact) mass is 237 g/mol. The molecule has 1 aromatic heterocycles. The van der Waals surface area contributed by atoms with Crippen molar-refractivity contribution in [3.05, 3.63) is 41.7 Å². The van der Waals surface area contributed by atoms with Crippen LogP contribution in [0.5, 0.6) is 0 Å². The van der Waals surface area contributed by atoms with Crippen LogP contribution in [0.2, 0.25) is 0 Å². The van der Waals surface area contributed by atoms with E-state index in [4.69, 9.17) is 0 Å². The highest BCUT2D eigenvalue weighted by Gasteiger charge is 2.12. The summed E-state index contributed by atoms with van der Waals surface area (Å²) in [4.78, 5) is 0. The van der Waals surface area contributed by atoms with Gasteiger partial charge in [-0.2, -0.15) is 5.10 Å². The van der Waals surface area contributed by atoms with Crippen LogP contribution in [0.3, 0.4) is 0 Å². The average Bonchev–Trinajstić information content (AvgIpc) is 2.74. The van der Waals surface area contributed by atoms with Gasteiger partial charge in [-0.1, -0.05) is 0 Å². The molecule has 0 fully saturated rings. The minimum absolute atomic E-state index is 0.367. The van der Waals surface area contributed by atoms with Crippen molar-refractivity contribution in [1.82, 2.24) is 15.5 Å². The number of hydrogen-bond donors (Lipinski definition) is 2. The van der Waals surface area contributed by atoms with Crippen LogP contribution in [-0.2, 0) is 6.42 Å². The Balaban J connectivity index is 2.35. The highest BCUT2D eigenvalue weighted by Crippen LogP contribution is 2.25. The summed E-state index contributed by atoms with van der Waals surface area (Å²) >= 11 is 0. The lowest BCUT2D eigenvalue weighted by Gasteiger charge is -2.04. The Bertz CT molecular complexity index is 508. The van der Waals surface area contributed by atoms with Gasteiger partial charge in [-0.05, 0) is 19.2 Å². The number of aromatic amines is 1. The molecule has 17 heavy (non-hydrogen) atoms. The molecule has 0 bridgehead atoms. The number of nitrogens with zero attached hydrogens (tertiary/aromatic N) is 1. The van der Waals surface area contributed by atoms with Gasteiger partial charge in [0.1, 0.15) is 11.6 Å². The molecule has 0 saturated heterocycles. The van der Waals surface area contributed by atoms with E-state index in [2.05, 4.69) is 15.5 Å². The van der Waals surface area contributed by atoms with Gasteiger partial charge in [0.2, 0.25) is 0 Å². The maximum atomic E-state index is 13.6. The van der Waals surface area contributed by atoms with Crippen molar-refractivity contribution in [3.63, 3.8) is 0 Å². The maximum absolute atomic E-state index is 13.6. The summed E-state index contributed by atoms with van der Waals surface area (Å²) in [6, 6.07) is 3.55. The second kappa shape index (κ2) is 5.05. The van der Waals surface area contributed by atoms with Crippen LogP contribution in [-0.4, -0.2) is 23.8 Å². The van der Waals surface area contributed by atoms with Crippen molar-refractivity contribution in [1.29, 1.82) is 0 Å². The zero-order valence-electron chi connectivity index (χ0n) is 9.43.